The maximum absolute atomic E-state index is 6.20. The van der Waals surface area contributed by atoms with Gasteiger partial charge in [-0.25, -0.2) is 14.6 Å². The van der Waals surface area contributed by atoms with E-state index in [0.717, 1.165) is 30.0 Å². The van der Waals surface area contributed by atoms with Gasteiger partial charge in [0.05, 0.1) is 25.5 Å². The van der Waals surface area contributed by atoms with Gasteiger partial charge in [0.25, 0.3) is 0 Å². The number of nitrogen functional groups attached to an aromatic ring is 1. The minimum absolute atomic E-state index is 0.0959. The summed E-state index contributed by atoms with van der Waals surface area (Å²) in [6.45, 7) is 6.10. The molecule has 8 nitrogen and oxygen atoms in total. The van der Waals surface area contributed by atoms with Crippen LogP contribution in [0.2, 0.25) is 0 Å². The third-order valence-electron chi connectivity index (χ3n) is 4.41. The quantitative estimate of drug-likeness (QED) is 0.749. The lowest BCUT2D eigenvalue weighted by atomic mass is 9.90. The first-order valence-corrected chi connectivity index (χ1v) is 8.07. The van der Waals surface area contributed by atoms with Crippen LogP contribution in [0.3, 0.4) is 0 Å². The normalized spacial score (nSPS) is 15.9. The highest BCUT2D eigenvalue weighted by molar-refractivity contribution is 5.85. The fourth-order valence-electron chi connectivity index (χ4n) is 2.80. The number of fused-ring (bicyclic) bond motifs is 1. The summed E-state index contributed by atoms with van der Waals surface area (Å²) in [5.41, 5.74) is 10.5. The first-order valence-electron chi connectivity index (χ1n) is 8.07. The Hall–Kier alpha value is -2.74. The fourth-order valence-corrected chi connectivity index (χ4v) is 2.80. The number of nitrogens with zero attached hydrogens (tertiary/aromatic N) is 4. The molecule has 1 aliphatic rings. The maximum atomic E-state index is 6.20. The summed E-state index contributed by atoms with van der Waals surface area (Å²) in [6, 6.07) is 3.85. The molecule has 0 unspecified atom stereocenters. The molecule has 0 amide bonds. The molecule has 25 heavy (non-hydrogen) atoms. The van der Waals surface area contributed by atoms with Crippen LogP contribution in [0.5, 0.6) is 5.88 Å². The van der Waals surface area contributed by atoms with Crippen molar-refractivity contribution in [3.63, 3.8) is 0 Å². The van der Waals surface area contributed by atoms with Crippen molar-refractivity contribution in [2.75, 3.05) is 25.6 Å². The molecule has 0 saturated carbocycles. The van der Waals surface area contributed by atoms with E-state index in [2.05, 4.69) is 27.2 Å². The van der Waals surface area contributed by atoms with Gasteiger partial charge in [0, 0.05) is 35.4 Å². The van der Waals surface area contributed by atoms with E-state index in [0.29, 0.717) is 35.8 Å². The number of ether oxygens (including phenoxy) is 2. The first-order chi connectivity index (χ1) is 12.0. The van der Waals surface area contributed by atoms with E-state index in [4.69, 9.17) is 19.8 Å². The lowest BCUT2D eigenvalue weighted by Gasteiger charge is -2.37. The Morgan fingerprint density at radius 2 is 2.12 bits per heavy atom. The van der Waals surface area contributed by atoms with Gasteiger partial charge in [0.15, 0.2) is 5.52 Å². The molecule has 0 aromatic carbocycles. The highest BCUT2D eigenvalue weighted by atomic mass is 16.6. The number of nitrogens with two attached hydrogens (primary N) is 1. The van der Waals surface area contributed by atoms with Gasteiger partial charge in [-0.15, -0.1) is 0 Å². The third kappa shape index (κ3) is 3.00. The summed E-state index contributed by atoms with van der Waals surface area (Å²) in [5, 5.41) is 7.55. The monoisotopic (exact) mass is 341 g/mol. The standard InChI is InChI=1S/C17H19N5O3/c1-10-12(14(18)15-16(20-10)22-25-21-15)5-11-3-4-13(19-6-11)24-9-17(2)7-23-8-17/h3-4,6H,5,7-9,18H2,1-2H3. The van der Waals surface area contributed by atoms with Crippen molar-refractivity contribution < 1.29 is 14.1 Å². The second-order valence-electron chi connectivity index (χ2n) is 6.80. The molecule has 0 radical (unpaired) electrons. The fraction of sp³-hybridized carbons (Fsp3) is 0.412. The highest BCUT2D eigenvalue weighted by Crippen LogP contribution is 2.28. The zero-order chi connectivity index (χ0) is 17.4. The number of hydrogen-bond donors (Lipinski definition) is 1. The summed E-state index contributed by atoms with van der Waals surface area (Å²) >= 11 is 0. The van der Waals surface area contributed by atoms with Gasteiger partial charge in [-0.05, 0) is 22.8 Å². The molecule has 130 valence electrons. The van der Waals surface area contributed by atoms with Crippen molar-refractivity contribution in [3.05, 3.63) is 35.2 Å². The summed E-state index contributed by atoms with van der Waals surface area (Å²) < 4.78 is 15.7. The molecule has 0 spiro atoms. The van der Waals surface area contributed by atoms with Gasteiger partial charge in [0.2, 0.25) is 11.5 Å². The molecule has 0 aliphatic carbocycles. The van der Waals surface area contributed by atoms with E-state index in [1.165, 1.54) is 0 Å². The van der Waals surface area contributed by atoms with Crippen LogP contribution in [0.15, 0.2) is 23.0 Å². The minimum Gasteiger partial charge on any atom is -0.477 e. The molecule has 4 heterocycles. The van der Waals surface area contributed by atoms with Crippen LogP contribution in [-0.2, 0) is 11.2 Å². The predicted octanol–water partition coefficient (Wildman–Crippen LogP) is 1.91. The molecule has 1 aliphatic heterocycles. The van der Waals surface area contributed by atoms with Crippen LogP contribution >= 0.6 is 0 Å². The van der Waals surface area contributed by atoms with Crippen molar-refractivity contribution >= 4 is 16.9 Å². The van der Waals surface area contributed by atoms with E-state index in [9.17, 15) is 0 Å². The average Bonchev–Trinajstić information content (AvgIpc) is 3.04. The van der Waals surface area contributed by atoms with Gasteiger partial charge in [-0.3, -0.25) is 0 Å². The number of aryl methyl sites for hydroxylation is 1. The number of anilines is 1. The molecule has 4 rings (SSSR count). The number of rotatable bonds is 5. The van der Waals surface area contributed by atoms with Crippen molar-refractivity contribution in [2.45, 2.75) is 20.3 Å². The molecule has 0 bridgehead atoms. The van der Waals surface area contributed by atoms with Crippen LogP contribution in [-0.4, -0.2) is 40.1 Å². The topological polar surface area (TPSA) is 109 Å². The minimum atomic E-state index is 0.0959. The van der Waals surface area contributed by atoms with Crippen LogP contribution in [0, 0.1) is 12.3 Å². The molecular formula is C17H19N5O3. The highest BCUT2D eigenvalue weighted by Gasteiger charge is 2.34. The third-order valence-corrected chi connectivity index (χ3v) is 4.41. The van der Waals surface area contributed by atoms with Crippen LogP contribution in [0.4, 0.5) is 5.69 Å². The Balaban J connectivity index is 1.49. The van der Waals surface area contributed by atoms with Gasteiger partial charge >= 0.3 is 0 Å². The van der Waals surface area contributed by atoms with Gasteiger partial charge in [-0.2, -0.15) is 0 Å². The van der Waals surface area contributed by atoms with Gasteiger partial charge in [-0.1, -0.05) is 13.0 Å². The van der Waals surface area contributed by atoms with E-state index in [1.807, 2.05) is 19.1 Å². The van der Waals surface area contributed by atoms with Crippen LogP contribution in [0.25, 0.3) is 11.2 Å². The number of aromatic nitrogens is 4. The predicted molar refractivity (Wildman–Crippen MR) is 90.2 cm³/mol. The smallest absolute Gasteiger partial charge is 0.226 e. The Morgan fingerprint density at radius 3 is 2.80 bits per heavy atom. The second-order valence-corrected chi connectivity index (χ2v) is 6.80. The largest absolute Gasteiger partial charge is 0.477 e. The molecule has 1 saturated heterocycles. The summed E-state index contributed by atoms with van der Waals surface area (Å²) in [4.78, 5) is 8.76. The van der Waals surface area contributed by atoms with Crippen LogP contribution < -0.4 is 10.5 Å². The summed E-state index contributed by atoms with van der Waals surface area (Å²) in [6.07, 6.45) is 2.39. The van der Waals surface area contributed by atoms with E-state index < -0.39 is 0 Å². The van der Waals surface area contributed by atoms with Crippen molar-refractivity contribution in [2.24, 2.45) is 5.41 Å². The van der Waals surface area contributed by atoms with E-state index >= 15 is 0 Å². The number of pyridine rings is 2. The molecular weight excluding hydrogens is 322 g/mol. The summed E-state index contributed by atoms with van der Waals surface area (Å²) in [7, 11) is 0. The number of hydrogen-bond acceptors (Lipinski definition) is 8. The Labute approximate surface area is 144 Å². The zero-order valence-electron chi connectivity index (χ0n) is 14.2. The molecule has 3 aromatic heterocycles. The zero-order valence-corrected chi connectivity index (χ0v) is 14.2. The van der Waals surface area contributed by atoms with E-state index in [1.54, 1.807) is 6.20 Å². The molecule has 3 aromatic rings. The van der Waals surface area contributed by atoms with Gasteiger partial charge < -0.3 is 15.2 Å². The van der Waals surface area contributed by atoms with E-state index in [-0.39, 0.29) is 5.41 Å². The van der Waals surface area contributed by atoms with Crippen molar-refractivity contribution in [3.8, 4) is 5.88 Å². The maximum Gasteiger partial charge on any atom is 0.226 e. The molecule has 1 fully saturated rings. The lowest BCUT2D eigenvalue weighted by Crippen LogP contribution is -2.44. The lowest BCUT2D eigenvalue weighted by molar-refractivity contribution is -0.120. The van der Waals surface area contributed by atoms with Crippen LogP contribution in [0.1, 0.15) is 23.7 Å². The molecule has 8 heteroatoms. The van der Waals surface area contributed by atoms with Gasteiger partial charge in [0.1, 0.15) is 0 Å². The molecule has 2 N–H and O–H groups in total. The average molecular weight is 341 g/mol. The Bertz CT molecular complexity index is 903. The Morgan fingerprint density at radius 1 is 1.28 bits per heavy atom. The first kappa shape index (κ1) is 15.8. The van der Waals surface area contributed by atoms with Crippen molar-refractivity contribution in [1.82, 2.24) is 20.3 Å². The molecule has 0 atom stereocenters. The second kappa shape index (κ2) is 5.96. The SMILES string of the molecule is Cc1nc2nonc2c(N)c1Cc1ccc(OCC2(C)COC2)nc1. The summed E-state index contributed by atoms with van der Waals surface area (Å²) in [5.74, 6) is 0.607. The Kier molecular flexibility index (Phi) is 3.76. The van der Waals surface area contributed by atoms with Crippen molar-refractivity contribution in [1.29, 1.82) is 0 Å².